The van der Waals surface area contributed by atoms with E-state index >= 15 is 0 Å². The standard InChI is InChI=1S/C24H20F6N6O3/c1-39-21-15(20(37)32-8-7-22(38,24(28,29)30)14-5-3-2-4-6-14)9-13(11-33-21)17-10-16(23(25,26)27)18-19(31)34-12-35-36(17)18/h2-6,9-12,38H,7-8H2,1H3,(H,32,37)(H2,31,34,35). The first-order valence-electron chi connectivity index (χ1n) is 11.1. The molecule has 4 rings (SSSR count). The Bertz CT molecular complexity index is 1510. The van der Waals surface area contributed by atoms with Gasteiger partial charge in [0.1, 0.15) is 17.4 Å². The summed E-state index contributed by atoms with van der Waals surface area (Å²) < 4.78 is 88.2. The number of amides is 1. The van der Waals surface area contributed by atoms with Crippen LogP contribution in [0.4, 0.5) is 32.2 Å². The molecule has 0 aliphatic rings. The zero-order valence-electron chi connectivity index (χ0n) is 20.0. The SMILES string of the molecule is COc1ncc(-c2cc(C(F)(F)F)c3c(N)ncnn23)cc1C(=O)NCCC(O)(c1ccccc1)C(F)(F)F. The number of aliphatic hydroxyl groups is 1. The van der Waals surface area contributed by atoms with Crippen molar-refractivity contribution in [2.45, 2.75) is 24.4 Å². The lowest BCUT2D eigenvalue weighted by atomic mass is 9.89. The van der Waals surface area contributed by atoms with E-state index in [1.807, 2.05) is 0 Å². The van der Waals surface area contributed by atoms with Crippen LogP contribution < -0.4 is 15.8 Å². The van der Waals surface area contributed by atoms with E-state index in [9.17, 15) is 36.2 Å². The van der Waals surface area contributed by atoms with Gasteiger partial charge in [0.15, 0.2) is 11.4 Å². The fourth-order valence-electron chi connectivity index (χ4n) is 4.02. The number of hydrogen-bond acceptors (Lipinski definition) is 7. The molecule has 0 saturated carbocycles. The van der Waals surface area contributed by atoms with Crippen molar-refractivity contribution < 1.29 is 41.0 Å². The monoisotopic (exact) mass is 554 g/mol. The fourth-order valence-corrected chi connectivity index (χ4v) is 4.02. The third-order valence-corrected chi connectivity index (χ3v) is 5.97. The Hall–Kier alpha value is -4.40. The third-order valence-electron chi connectivity index (χ3n) is 5.97. The Balaban J connectivity index is 1.66. The number of nitrogens with zero attached hydrogens (tertiary/aromatic N) is 4. The van der Waals surface area contributed by atoms with Gasteiger partial charge in [0.25, 0.3) is 5.91 Å². The number of ether oxygens (including phenoxy) is 1. The second-order valence-electron chi connectivity index (χ2n) is 8.36. The Kier molecular flexibility index (Phi) is 7.12. The number of nitrogen functional groups attached to an aromatic ring is 1. The lowest BCUT2D eigenvalue weighted by Gasteiger charge is -2.31. The highest BCUT2D eigenvalue weighted by Crippen LogP contribution is 2.41. The number of fused-ring (bicyclic) bond motifs is 1. The quantitative estimate of drug-likeness (QED) is 0.295. The van der Waals surface area contributed by atoms with Gasteiger partial charge < -0.3 is 20.9 Å². The fraction of sp³-hybridized carbons (Fsp3) is 0.250. The predicted molar refractivity (Wildman–Crippen MR) is 126 cm³/mol. The van der Waals surface area contributed by atoms with Crippen molar-refractivity contribution in [2.75, 3.05) is 19.4 Å². The molecule has 1 unspecified atom stereocenters. The smallest absolute Gasteiger partial charge is 0.421 e. The number of nitrogens with one attached hydrogen (secondary N) is 1. The second-order valence-corrected chi connectivity index (χ2v) is 8.36. The third kappa shape index (κ3) is 5.16. The molecule has 1 atom stereocenters. The lowest BCUT2D eigenvalue weighted by Crippen LogP contribution is -2.45. The van der Waals surface area contributed by atoms with Crippen LogP contribution in [0.3, 0.4) is 0 Å². The normalized spacial score (nSPS) is 13.7. The van der Waals surface area contributed by atoms with Gasteiger partial charge in [0.05, 0.1) is 18.4 Å². The molecular weight excluding hydrogens is 534 g/mol. The molecule has 0 fully saturated rings. The molecule has 0 saturated heterocycles. The molecule has 3 aromatic heterocycles. The van der Waals surface area contributed by atoms with Crippen molar-refractivity contribution in [3.63, 3.8) is 0 Å². The first-order valence-corrected chi connectivity index (χ1v) is 11.1. The Morgan fingerprint density at radius 3 is 2.41 bits per heavy atom. The lowest BCUT2D eigenvalue weighted by molar-refractivity contribution is -0.268. The second kappa shape index (κ2) is 10.1. The summed E-state index contributed by atoms with van der Waals surface area (Å²) in [5.74, 6) is -1.61. The van der Waals surface area contributed by atoms with Crippen LogP contribution in [-0.4, -0.2) is 50.4 Å². The van der Waals surface area contributed by atoms with Gasteiger partial charge in [0, 0.05) is 24.7 Å². The number of methoxy groups -OCH3 is 1. The molecule has 4 N–H and O–H groups in total. The van der Waals surface area contributed by atoms with E-state index in [4.69, 9.17) is 10.5 Å². The average Bonchev–Trinajstić information content (AvgIpc) is 3.30. The van der Waals surface area contributed by atoms with Crippen molar-refractivity contribution in [3.8, 4) is 17.1 Å². The molecule has 3 heterocycles. The van der Waals surface area contributed by atoms with E-state index in [-0.39, 0.29) is 22.7 Å². The number of pyridine rings is 1. The van der Waals surface area contributed by atoms with Gasteiger partial charge in [0.2, 0.25) is 5.88 Å². The molecule has 0 aliphatic heterocycles. The van der Waals surface area contributed by atoms with Crippen molar-refractivity contribution in [1.82, 2.24) is 24.9 Å². The van der Waals surface area contributed by atoms with Crippen LogP contribution in [0.5, 0.6) is 5.88 Å². The first-order chi connectivity index (χ1) is 18.3. The first kappa shape index (κ1) is 27.6. The number of carbonyl (C=O) groups excluding carboxylic acids is 1. The molecule has 4 aromatic rings. The number of anilines is 1. The van der Waals surface area contributed by atoms with Gasteiger partial charge in [-0.3, -0.25) is 4.79 Å². The maximum atomic E-state index is 13.7. The number of nitrogens with two attached hydrogens (primary N) is 1. The van der Waals surface area contributed by atoms with Crippen molar-refractivity contribution >= 4 is 17.2 Å². The zero-order valence-corrected chi connectivity index (χ0v) is 20.0. The number of benzene rings is 1. The summed E-state index contributed by atoms with van der Waals surface area (Å²) >= 11 is 0. The van der Waals surface area contributed by atoms with Crippen LogP contribution in [-0.2, 0) is 11.8 Å². The molecule has 1 aromatic carbocycles. The highest BCUT2D eigenvalue weighted by molar-refractivity contribution is 5.97. The average molecular weight is 554 g/mol. The van der Waals surface area contributed by atoms with Crippen molar-refractivity contribution in [2.24, 2.45) is 0 Å². The van der Waals surface area contributed by atoms with E-state index in [1.165, 1.54) is 25.3 Å². The minimum Gasteiger partial charge on any atom is -0.480 e. The molecule has 0 bridgehead atoms. The summed E-state index contributed by atoms with van der Waals surface area (Å²) in [6.07, 6.45) is -8.69. The van der Waals surface area contributed by atoms with E-state index < -0.39 is 59.3 Å². The van der Waals surface area contributed by atoms with Crippen LogP contribution in [0.1, 0.15) is 27.9 Å². The summed E-state index contributed by atoms with van der Waals surface area (Å²) in [5, 5.41) is 16.6. The van der Waals surface area contributed by atoms with E-state index in [1.54, 1.807) is 0 Å². The Morgan fingerprint density at radius 1 is 1.10 bits per heavy atom. The summed E-state index contributed by atoms with van der Waals surface area (Å²) in [5.41, 5.74) is -0.0344. The number of hydrogen-bond donors (Lipinski definition) is 3. The number of aromatic nitrogens is 4. The molecule has 9 nitrogen and oxygen atoms in total. The maximum absolute atomic E-state index is 13.7. The van der Waals surface area contributed by atoms with Gasteiger partial charge in [-0.1, -0.05) is 30.3 Å². The predicted octanol–water partition coefficient (Wildman–Crippen LogP) is 3.97. The van der Waals surface area contributed by atoms with Gasteiger partial charge >= 0.3 is 12.4 Å². The molecule has 1 amide bonds. The van der Waals surface area contributed by atoms with Crippen LogP contribution in [0.2, 0.25) is 0 Å². The summed E-state index contributed by atoms with van der Waals surface area (Å²) in [6, 6.07) is 8.28. The van der Waals surface area contributed by atoms with Gasteiger partial charge in [-0.15, -0.1) is 0 Å². The molecule has 0 aliphatic carbocycles. The zero-order chi connectivity index (χ0) is 28.6. The highest BCUT2D eigenvalue weighted by atomic mass is 19.4. The summed E-state index contributed by atoms with van der Waals surface area (Å²) in [6.45, 7) is -0.618. The molecule has 15 heteroatoms. The summed E-state index contributed by atoms with van der Waals surface area (Å²) in [4.78, 5) is 20.5. The minimum atomic E-state index is -5.05. The van der Waals surface area contributed by atoms with E-state index in [2.05, 4.69) is 20.4 Å². The largest absolute Gasteiger partial charge is 0.480 e. The van der Waals surface area contributed by atoms with Crippen LogP contribution in [0, 0.1) is 0 Å². The maximum Gasteiger partial charge on any atom is 0.421 e. The van der Waals surface area contributed by atoms with Crippen LogP contribution >= 0.6 is 0 Å². The van der Waals surface area contributed by atoms with Crippen LogP contribution in [0.25, 0.3) is 16.8 Å². The molecule has 206 valence electrons. The Morgan fingerprint density at radius 2 is 1.79 bits per heavy atom. The van der Waals surface area contributed by atoms with Gasteiger partial charge in [-0.25, -0.2) is 14.5 Å². The topological polar surface area (TPSA) is 128 Å². The van der Waals surface area contributed by atoms with Crippen molar-refractivity contribution in [3.05, 3.63) is 71.7 Å². The van der Waals surface area contributed by atoms with E-state index in [0.29, 0.717) is 0 Å². The number of carbonyl (C=O) groups is 1. The van der Waals surface area contributed by atoms with Gasteiger partial charge in [-0.2, -0.15) is 31.4 Å². The van der Waals surface area contributed by atoms with Gasteiger partial charge in [-0.05, 0) is 17.7 Å². The number of alkyl halides is 6. The number of halogens is 6. The Labute approximate surface area is 216 Å². The minimum absolute atomic E-state index is 0.000585. The van der Waals surface area contributed by atoms with Crippen molar-refractivity contribution in [1.29, 1.82) is 0 Å². The van der Waals surface area contributed by atoms with Crippen LogP contribution in [0.15, 0.2) is 55.0 Å². The molecular formula is C24H20F6N6O3. The highest BCUT2D eigenvalue weighted by Gasteiger charge is 2.54. The molecule has 39 heavy (non-hydrogen) atoms. The number of rotatable bonds is 7. The molecule has 0 radical (unpaired) electrons. The van der Waals surface area contributed by atoms with E-state index in [0.717, 1.165) is 41.3 Å². The summed E-state index contributed by atoms with van der Waals surface area (Å²) in [7, 11) is 1.18. The molecule has 0 spiro atoms.